The number of halogens is 1. The zero-order chi connectivity index (χ0) is 12.7. The van der Waals surface area contributed by atoms with Crippen molar-refractivity contribution in [1.29, 1.82) is 0 Å². The minimum atomic E-state index is 0.313. The van der Waals surface area contributed by atoms with Gasteiger partial charge < -0.3 is 10.1 Å². The first-order valence-corrected chi connectivity index (χ1v) is 6.94. The van der Waals surface area contributed by atoms with Crippen molar-refractivity contribution in [2.75, 3.05) is 20.2 Å². The van der Waals surface area contributed by atoms with Crippen LogP contribution in [0, 0.1) is 0 Å². The molecule has 0 aromatic heterocycles. The maximum absolute atomic E-state index is 5.63. The fraction of sp³-hybridized carbons (Fsp3) is 0.571. The Hall–Kier alpha value is -0.380. The van der Waals surface area contributed by atoms with Gasteiger partial charge in [0.25, 0.3) is 0 Å². The predicted octanol–water partition coefficient (Wildman–Crippen LogP) is 3.57. The lowest BCUT2D eigenvalue weighted by Crippen LogP contribution is -2.19. The van der Waals surface area contributed by atoms with E-state index in [1.807, 2.05) is 7.05 Å². The summed E-state index contributed by atoms with van der Waals surface area (Å²) in [6.45, 7) is 5.95. The van der Waals surface area contributed by atoms with Gasteiger partial charge >= 0.3 is 0 Å². The second-order valence-corrected chi connectivity index (χ2v) is 5.43. The molecule has 96 valence electrons. The summed E-state index contributed by atoms with van der Waals surface area (Å²) in [6.07, 6.45) is 1.36. The summed E-state index contributed by atoms with van der Waals surface area (Å²) in [7, 11) is 1.99. The summed E-state index contributed by atoms with van der Waals surface area (Å²) in [5.74, 6) is 0.510. The van der Waals surface area contributed by atoms with Gasteiger partial charge in [-0.25, -0.2) is 0 Å². The maximum atomic E-state index is 5.63. The maximum Gasteiger partial charge on any atom is 0.0518 e. The fourth-order valence-electron chi connectivity index (χ4n) is 1.84. The van der Waals surface area contributed by atoms with Gasteiger partial charge in [0.15, 0.2) is 0 Å². The molecule has 0 saturated carbocycles. The van der Waals surface area contributed by atoms with Crippen molar-refractivity contribution in [2.24, 2.45) is 0 Å². The molecule has 0 amide bonds. The van der Waals surface area contributed by atoms with Crippen LogP contribution in [0.15, 0.2) is 28.7 Å². The van der Waals surface area contributed by atoms with E-state index in [-0.39, 0.29) is 0 Å². The number of hydrogen-bond donors (Lipinski definition) is 1. The Kier molecular flexibility index (Phi) is 6.78. The quantitative estimate of drug-likeness (QED) is 0.831. The number of likely N-dealkylation sites (N-methyl/N-ethyl adjacent to an activating group) is 1. The minimum Gasteiger partial charge on any atom is -0.379 e. The van der Waals surface area contributed by atoms with Crippen LogP contribution in [0.1, 0.15) is 31.7 Å². The van der Waals surface area contributed by atoms with Crippen LogP contribution in [-0.2, 0) is 4.74 Å². The SMILES string of the molecule is CNCC(CCOC(C)C)c1cccc(Br)c1. The number of hydrogen-bond acceptors (Lipinski definition) is 2. The lowest BCUT2D eigenvalue weighted by atomic mass is 9.96. The van der Waals surface area contributed by atoms with E-state index in [0.29, 0.717) is 12.0 Å². The summed E-state index contributed by atoms with van der Waals surface area (Å²) in [5.41, 5.74) is 1.36. The Bertz CT molecular complexity index is 328. The van der Waals surface area contributed by atoms with Gasteiger partial charge in [-0.3, -0.25) is 0 Å². The number of nitrogens with one attached hydrogen (secondary N) is 1. The molecule has 0 bridgehead atoms. The second kappa shape index (κ2) is 7.85. The topological polar surface area (TPSA) is 21.3 Å². The highest BCUT2D eigenvalue weighted by molar-refractivity contribution is 9.10. The summed E-state index contributed by atoms with van der Waals surface area (Å²) in [6, 6.07) is 8.52. The molecule has 1 N–H and O–H groups in total. The second-order valence-electron chi connectivity index (χ2n) is 4.52. The van der Waals surface area contributed by atoms with E-state index in [1.165, 1.54) is 5.56 Å². The van der Waals surface area contributed by atoms with Crippen LogP contribution in [-0.4, -0.2) is 26.3 Å². The van der Waals surface area contributed by atoms with Crippen LogP contribution in [0.2, 0.25) is 0 Å². The summed E-state index contributed by atoms with van der Waals surface area (Å²) >= 11 is 3.52. The molecule has 1 aromatic carbocycles. The average Bonchev–Trinajstić information content (AvgIpc) is 2.27. The first-order valence-electron chi connectivity index (χ1n) is 6.15. The Morgan fingerprint density at radius 3 is 2.71 bits per heavy atom. The molecule has 0 saturated heterocycles. The van der Waals surface area contributed by atoms with Crippen LogP contribution in [0.25, 0.3) is 0 Å². The summed E-state index contributed by atoms with van der Waals surface area (Å²) in [5, 5.41) is 3.25. The first kappa shape index (κ1) is 14.7. The van der Waals surface area contributed by atoms with Crippen molar-refractivity contribution >= 4 is 15.9 Å². The van der Waals surface area contributed by atoms with E-state index in [0.717, 1.165) is 24.0 Å². The Morgan fingerprint density at radius 2 is 2.12 bits per heavy atom. The largest absolute Gasteiger partial charge is 0.379 e. The van der Waals surface area contributed by atoms with E-state index in [9.17, 15) is 0 Å². The monoisotopic (exact) mass is 299 g/mol. The normalized spacial score (nSPS) is 13.0. The molecule has 17 heavy (non-hydrogen) atoms. The molecule has 2 nitrogen and oxygen atoms in total. The van der Waals surface area contributed by atoms with Gasteiger partial charge in [-0.15, -0.1) is 0 Å². The van der Waals surface area contributed by atoms with E-state index in [1.54, 1.807) is 0 Å². The van der Waals surface area contributed by atoms with Crippen molar-refractivity contribution in [2.45, 2.75) is 32.3 Å². The number of ether oxygens (including phenoxy) is 1. The molecule has 0 spiro atoms. The van der Waals surface area contributed by atoms with Crippen molar-refractivity contribution < 1.29 is 4.74 Å². The molecular formula is C14H22BrNO. The standard InChI is InChI=1S/C14H22BrNO/c1-11(2)17-8-7-13(10-16-3)12-5-4-6-14(15)9-12/h4-6,9,11,13,16H,7-8,10H2,1-3H3. The minimum absolute atomic E-state index is 0.313. The van der Waals surface area contributed by atoms with Crippen molar-refractivity contribution in [1.82, 2.24) is 5.32 Å². The molecule has 0 radical (unpaired) electrons. The molecule has 0 heterocycles. The highest BCUT2D eigenvalue weighted by atomic mass is 79.9. The molecule has 0 aliphatic rings. The Morgan fingerprint density at radius 1 is 1.35 bits per heavy atom. The van der Waals surface area contributed by atoms with E-state index >= 15 is 0 Å². The third-order valence-corrected chi connectivity index (χ3v) is 3.18. The van der Waals surface area contributed by atoms with Crippen LogP contribution in [0.3, 0.4) is 0 Å². The molecule has 0 aliphatic heterocycles. The molecule has 1 atom stereocenters. The van der Waals surface area contributed by atoms with Gasteiger partial charge in [0.1, 0.15) is 0 Å². The van der Waals surface area contributed by atoms with Crippen LogP contribution >= 0.6 is 15.9 Å². The van der Waals surface area contributed by atoms with Gasteiger partial charge in [-0.05, 0) is 50.9 Å². The molecule has 0 fully saturated rings. The highest BCUT2D eigenvalue weighted by Crippen LogP contribution is 2.22. The average molecular weight is 300 g/mol. The van der Waals surface area contributed by atoms with Crippen molar-refractivity contribution in [3.05, 3.63) is 34.3 Å². The Labute approximate surface area is 113 Å². The van der Waals surface area contributed by atoms with Gasteiger partial charge in [0, 0.05) is 17.6 Å². The third kappa shape index (κ3) is 5.66. The molecule has 1 unspecified atom stereocenters. The molecule has 3 heteroatoms. The third-order valence-electron chi connectivity index (χ3n) is 2.69. The van der Waals surface area contributed by atoms with Crippen LogP contribution in [0.5, 0.6) is 0 Å². The first-order chi connectivity index (χ1) is 8.13. The van der Waals surface area contributed by atoms with Crippen LogP contribution < -0.4 is 5.32 Å². The zero-order valence-corrected chi connectivity index (χ0v) is 12.5. The fourth-order valence-corrected chi connectivity index (χ4v) is 2.26. The van der Waals surface area contributed by atoms with Gasteiger partial charge in [-0.2, -0.15) is 0 Å². The van der Waals surface area contributed by atoms with Crippen molar-refractivity contribution in [3.63, 3.8) is 0 Å². The smallest absolute Gasteiger partial charge is 0.0518 e. The summed E-state index contributed by atoms with van der Waals surface area (Å²) in [4.78, 5) is 0. The van der Waals surface area contributed by atoms with Gasteiger partial charge in [-0.1, -0.05) is 28.1 Å². The molecular weight excluding hydrogens is 278 g/mol. The van der Waals surface area contributed by atoms with E-state index in [2.05, 4.69) is 59.4 Å². The molecule has 1 rings (SSSR count). The molecule has 0 aliphatic carbocycles. The summed E-state index contributed by atoms with van der Waals surface area (Å²) < 4.78 is 6.77. The number of rotatable bonds is 7. The lowest BCUT2D eigenvalue weighted by Gasteiger charge is -2.18. The molecule has 1 aromatic rings. The van der Waals surface area contributed by atoms with Crippen LogP contribution in [0.4, 0.5) is 0 Å². The number of benzene rings is 1. The lowest BCUT2D eigenvalue weighted by molar-refractivity contribution is 0.0734. The predicted molar refractivity (Wildman–Crippen MR) is 76.5 cm³/mol. The van der Waals surface area contributed by atoms with E-state index < -0.39 is 0 Å². The van der Waals surface area contributed by atoms with Gasteiger partial charge in [0.2, 0.25) is 0 Å². The highest BCUT2D eigenvalue weighted by Gasteiger charge is 2.11. The zero-order valence-electron chi connectivity index (χ0n) is 10.9. The van der Waals surface area contributed by atoms with E-state index in [4.69, 9.17) is 4.74 Å². The van der Waals surface area contributed by atoms with Crippen molar-refractivity contribution in [3.8, 4) is 0 Å². The van der Waals surface area contributed by atoms with Gasteiger partial charge in [0.05, 0.1) is 6.10 Å². The Balaban J connectivity index is 2.58.